The van der Waals surface area contributed by atoms with Crippen molar-refractivity contribution in [1.82, 2.24) is 4.90 Å². The first kappa shape index (κ1) is 16.9. The molecule has 0 amide bonds. The molecule has 2 nitrogen and oxygen atoms in total. The molecular formula is C20H31NO. The lowest BCUT2D eigenvalue weighted by molar-refractivity contribution is 0.00861. The fourth-order valence-corrected chi connectivity index (χ4v) is 2.94. The van der Waals surface area contributed by atoms with Crippen molar-refractivity contribution in [2.24, 2.45) is 0 Å². The van der Waals surface area contributed by atoms with E-state index in [9.17, 15) is 0 Å². The summed E-state index contributed by atoms with van der Waals surface area (Å²) in [4.78, 5) is 2.28. The van der Waals surface area contributed by atoms with Crippen molar-refractivity contribution in [2.75, 3.05) is 13.1 Å². The summed E-state index contributed by atoms with van der Waals surface area (Å²) < 4.78 is 5.92. The van der Waals surface area contributed by atoms with E-state index >= 15 is 0 Å². The van der Waals surface area contributed by atoms with E-state index in [4.69, 9.17) is 4.74 Å². The summed E-state index contributed by atoms with van der Waals surface area (Å²) in [7, 11) is 0. The van der Waals surface area contributed by atoms with Crippen LogP contribution in [0.3, 0.4) is 0 Å². The standard InChI is InChI=1S/C20H31NO/c1-15(22-20(5,6)7)21-12-11-17(14-21)16-9-8-10-18(13-16)19(2,3)4/h8-10,13,17H,1,11-12,14H2,2-7H3. The van der Waals surface area contributed by atoms with E-state index in [0.29, 0.717) is 5.92 Å². The Morgan fingerprint density at radius 1 is 1.18 bits per heavy atom. The lowest BCUT2D eigenvalue weighted by atomic mass is 9.84. The quantitative estimate of drug-likeness (QED) is 0.724. The van der Waals surface area contributed by atoms with Crippen LogP contribution in [0.2, 0.25) is 0 Å². The van der Waals surface area contributed by atoms with Gasteiger partial charge in [-0.2, -0.15) is 0 Å². The second-order valence-electron chi connectivity index (χ2n) is 8.42. The lowest BCUT2D eigenvalue weighted by Gasteiger charge is -2.29. The van der Waals surface area contributed by atoms with E-state index in [-0.39, 0.29) is 11.0 Å². The normalized spacial score (nSPS) is 19.4. The van der Waals surface area contributed by atoms with Crippen LogP contribution in [0.15, 0.2) is 36.7 Å². The Hall–Kier alpha value is -1.44. The SMILES string of the molecule is C=C(OC(C)(C)C)N1CCC(c2cccc(C(C)(C)C)c2)C1. The summed E-state index contributed by atoms with van der Waals surface area (Å²) in [6.45, 7) is 19.2. The molecule has 2 rings (SSSR count). The summed E-state index contributed by atoms with van der Waals surface area (Å²) in [5, 5.41) is 0. The van der Waals surface area contributed by atoms with Gasteiger partial charge in [0, 0.05) is 19.0 Å². The molecule has 0 spiro atoms. The maximum atomic E-state index is 5.92. The van der Waals surface area contributed by atoms with Crippen molar-refractivity contribution >= 4 is 0 Å². The predicted octanol–water partition coefficient (Wildman–Crippen LogP) is 5.06. The Morgan fingerprint density at radius 3 is 2.45 bits per heavy atom. The zero-order valence-corrected chi connectivity index (χ0v) is 15.1. The number of ether oxygens (including phenoxy) is 1. The number of benzene rings is 1. The molecule has 1 saturated heterocycles. The average Bonchev–Trinajstić information content (AvgIpc) is 2.85. The second kappa shape index (κ2) is 5.98. The topological polar surface area (TPSA) is 12.5 Å². The largest absolute Gasteiger partial charge is 0.474 e. The molecule has 122 valence electrons. The Labute approximate surface area is 136 Å². The van der Waals surface area contributed by atoms with E-state index < -0.39 is 0 Å². The van der Waals surface area contributed by atoms with Crippen LogP contribution in [0.4, 0.5) is 0 Å². The maximum absolute atomic E-state index is 5.92. The third kappa shape index (κ3) is 4.28. The molecule has 0 bridgehead atoms. The first-order chi connectivity index (χ1) is 10.1. The van der Waals surface area contributed by atoms with Crippen molar-refractivity contribution in [3.8, 4) is 0 Å². The molecule has 1 fully saturated rings. The highest BCUT2D eigenvalue weighted by molar-refractivity contribution is 5.31. The summed E-state index contributed by atoms with van der Waals surface area (Å²) >= 11 is 0. The number of hydrogen-bond acceptors (Lipinski definition) is 2. The fourth-order valence-electron chi connectivity index (χ4n) is 2.94. The zero-order valence-electron chi connectivity index (χ0n) is 15.1. The van der Waals surface area contributed by atoms with Gasteiger partial charge in [-0.1, -0.05) is 45.0 Å². The molecule has 0 aromatic heterocycles. The molecule has 22 heavy (non-hydrogen) atoms. The first-order valence-electron chi connectivity index (χ1n) is 8.29. The monoisotopic (exact) mass is 301 g/mol. The van der Waals surface area contributed by atoms with Gasteiger partial charge in [-0.3, -0.25) is 0 Å². The third-order valence-electron chi connectivity index (χ3n) is 4.19. The fraction of sp³-hybridized carbons (Fsp3) is 0.600. The number of rotatable bonds is 3. The van der Waals surface area contributed by atoms with Gasteiger partial charge in [0.1, 0.15) is 5.60 Å². The molecular weight excluding hydrogens is 270 g/mol. The van der Waals surface area contributed by atoms with Gasteiger partial charge in [0.15, 0.2) is 5.88 Å². The molecule has 1 aromatic rings. The van der Waals surface area contributed by atoms with E-state index in [1.807, 2.05) is 0 Å². The highest BCUT2D eigenvalue weighted by Gasteiger charge is 2.27. The minimum atomic E-state index is -0.179. The summed E-state index contributed by atoms with van der Waals surface area (Å²) in [6.07, 6.45) is 1.17. The summed E-state index contributed by atoms with van der Waals surface area (Å²) in [6, 6.07) is 9.06. The maximum Gasteiger partial charge on any atom is 0.182 e. The van der Waals surface area contributed by atoms with Gasteiger partial charge < -0.3 is 9.64 Å². The molecule has 1 aromatic carbocycles. The Morgan fingerprint density at radius 2 is 1.86 bits per heavy atom. The van der Waals surface area contributed by atoms with Gasteiger partial charge in [-0.05, 0) is 50.3 Å². The minimum Gasteiger partial charge on any atom is -0.474 e. The van der Waals surface area contributed by atoms with Gasteiger partial charge >= 0.3 is 0 Å². The van der Waals surface area contributed by atoms with Crippen LogP contribution in [-0.4, -0.2) is 23.6 Å². The van der Waals surface area contributed by atoms with Crippen molar-refractivity contribution in [3.05, 3.63) is 47.9 Å². The van der Waals surface area contributed by atoms with Crippen LogP contribution < -0.4 is 0 Å². The Kier molecular flexibility index (Phi) is 4.60. The average molecular weight is 301 g/mol. The minimum absolute atomic E-state index is 0.179. The molecule has 0 N–H and O–H groups in total. The van der Waals surface area contributed by atoms with E-state index in [2.05, 4.69) is 77.3 Å². The molecule has 0 aliphatic carbocycles. The van der Waals surface area contributed by atoms with E-state index in [1.165, 1.54) is 17.5 Å². The Balaban J connectivity index is 2.06. The van der Waals surface area contributed by atoms with Crippen LogP contribution in [0.5, 0.6) is 0 Å². The number of hydrogen-bond donors (Lipinski definition) is 0. The van der Waals surface area contributed by atoms with Crippen LogP contribution in [0.1, 0.15) is 65.0 Å². The van der Waals surface area contributed by atoms with Crippen molar-refractivity contribution < 1.29 is 4.74 Å². The van der Waals surface area contributed by atoms with Gasteiger partial charge in [0.05, 0.1) is 0 Å². The molecule has 1 atom stereocenters. The molecule has 1 aliphatic heterocycles. The molecule has 1 aliphatic rings. The molecule has 1 heterocycles. The van der Waals surface area contributed by atoms with Gasteiger partial charge in [0.25, 0.3) is 0 Å². The summed E-state index contributed by atoms with van der Waals surface area (Å²) in [5.41, 5.74) is 2.88. The molecule has 2 heteroatoms. The van der Waals surface area contributed by atoms with Gasteiger partial charge in [-0.25, -0.2) is 0 Å². The van der Waals surface area contributed by atoms with Crippen LogP contribution in [0, 0.1) is 0 Å². The van der Waals surface area contributed by atoms with Crippen molar-refractivity contribution in [1.29, 1.82) is 0 Å². The first-order valence-corrected chi connectivity index (χ1v) is 8.29. The van der Waals surface area contributed by atoms with E-state index in [1.54, 1.807) is 0 Å². The smallest absolute Gasteiger partial charge is 0.182 e. The third-order valence-corrected chi connectivity index (χ3v) is 4.19. The highest BCUT2D eigenvalue weighted by atomic mass is 16.5. The van der Waals surface area contributed by atoms with E-state index in [0.717, 1.165) is 19.0 Å². The predicted molar refractivity (Wildman–Crippen MR) is 94.1 cm³/mol. The highest BCUT2D eigenvalue weighted by Crippen LogP contribution is 2.32. The van der Waals surface area contributed by atoms with Gasteiger partial charge in [0.2, 0.25) is 0 Å². The lowest BCUT2D eigenvalue weighted by Crippen LogP contribution is -2.28. The Bertz CT molecular complexity index is 533. The molecule has 0 saturated carbocycles. The van der Waals surface area contributed by atoms with Crippen molar-refractivity contribution in [3.63, 3.8) is 0 Å². The van der Waals surface area contributed by atoms with Crippen LogP contribution in [-0.2, 0) is 10.2 Å². The zero-order chi connectivity index (χ0) is 16.5. The summed E-state index contributed by atoms with van der Waals surface area (Å²) in [5.74, 6) is 1.38. The molecule has 0 radical (unpaired) electrons. The number of likely N-dealkylation sites (tertiary alicyclic amines) is 1. The molecule has 1 unspecified atom stereocenters. The van der Waals surface area contributed by atoms with Gasteiger partial charge in [-0.15, -0.1) is 0 Å². The van der Waals surface area contributed by atoms with Crippen LogP contribution >= 0.6 is 0 Å². The van der Waals surface area contributed by atoms with Crippen molar-refractivity contribution in [2.45, 2.75) is 64.9 Å². The number of nitrogens with zero attached hydrogens (tertiary/aromatic N) is 1. The second-order valence-corrected chi connectivity index (χ2v) is 8.42. The van der Waals surface area contributed by atoms with Crippen LogP contribution in [0.25, 0.3) is 0 Å².